The van der Waals surface area contributed by atoms with Crippen LogP contribution in [0.5, 0.6) is 0 Å². The fourth-order valence-corrected chi connectivity index (χ4v) is 4.06. The van der Waals surface area contributed by atoms with E-state index in [0.717, 1.165) is 32.0 Å². The zero-order valence-electron chi connectivity index (χ0n) is 16.4. The minimum absolute atomic E-state index is 0.0349. The summed E-state index contributed by atoms with van der Waals surface area (Å²) >= 11 is 0. The van der Waals surface area contributed by atoms with E-state index in [4.69, 9.17) is 9.47 Å². The van der Waals surface area contributed by atoms with E-state index in [2.05, 4.69) is 21.4 Å². The van der Waals surface area contributed by atoms with Crippen LogP contribution in [0.2, 0.25) is 0 Å². The molecule has 0 unspecified atom stereocenters. The molecule has 7 heteroatoms. The molecule has 1 aromatic heterocycles. The van der Waals surface area contributed by atoms with E-state index in [1.165, 1.54) is 0 Å². The van der Waals surface area contributed by atoms with Crippen LogP contribution < -0.4 is 0 Å². The summed E-state index contributed by atoms with van der Waals surface area (Å²) in [6.45, 7) is 8.17. The minimum atomic E-state index is -0.497. The van der Waals surface area contributed by atoms with Crippen molar-refractivity contribution in [3.8, 4) is 0 Å². The lowest BCUT2D eigenvalue weighted by Crippen LogP contribution is -2.59. The predicted octanol–water partition coefficient (Wildman–Crippen LogP) is 1.65. The molecule has 1 amide bonds. The van der Waals surface area contributed by atoms with Gasteiger partial charge in [-0.25, -0.2) is 4.98 Å². The summed E-state index contributed by atoms with van der Waals surface area (Å²) in [5.41, 5.74) is 0.209. The Labute approximate surface area is 165 Å². The van der Waals surface area contributed by atoms with E-state index in [1.807, 2.05) is 47.6 Å². The Bertz CT molecular complexity index is 794. The van der Waals surface area contributed by atoms with Crippen molar-refractivity contribution in [2.45, 2.75) is 25.6 Å². The number of ether oxygens (including phenoxy) is 2. The highest BCUT2D eigenvalue weighted by molar-refractivity contribution is 5.94. The SMILES string of the molecule is CCn1ccnc1CN1CCO[C@]2(COCCN(C(=O)c3ccccc3)C2)C1. The number of aromatic nitrogens is 2. The normalized spacial score (nSPS) is 23.7. The van der Waals surface area contributed by atoms with Crippen molar-refractivity contribution >= 4 is 5.91 Å². The summed E-state index contributed by atoms with van der Waals surface area (Å²) in [5, 5.41) is 0. The third-order valence-electron chi connectivity index (χ3n) is 5.49. The Balaban J connectivity index is 1.48. The highest BCUT2D eigenvalue weighted by atomic mass is 16.5. The Morgan fingerprint density at radius 1 is 1.18 bits per heavy atom. The topological polar surface area (TPSA) is 59.8 Å². The molecule has 0 saturated carbocycles. The van der Waals surface area contributed by atoms with Crippen molar-refractivity contribution in [3.63, 3.8) is 0 Å². The van der Waals surface area contributed by atoms with Gasteiger partial charge in [-0.15, -0.1) is 0 Å². The molecule has 0 aliphatic carbocycles. The molecule has 28 heavy (non-hydrogen) atoms. The first-order valence-corrected chi connectivity index (χ1v) is 9.97. The molecule has 4 rings (SSSR count). The number of rotatable bonds is 4. The summed E-state index contributed by atoms with van der Waals surface area (Å²) in [6, 6.07) is 9.43. The Kier molecular flexibility index (Phi) is 5.75. The van der Waals surface area contributed by atoms with Gasteiger partial charge in [0.25, 0.3) is 5.91 Å². The number of benzene rings is 1. The van der Waals surface area contributed by atoms with Gasteiger partial charge in [-0.3, -0.25) is 9.69 Å². The molecule has 150 valence electrons. The maximum Gasteiger partial charge on any atom is 0.254 e. The van der Waals surface area contributed by atoms with Gasteiger partial charge in [0.1, 0.15) is 11.4 Å². The lowest BCUT2D eigenvalue weighted by atomic mass is 10.0. The zero-order chi connectivity index (χ0) is 19.4. The molecule has 1 aromatic carbocycles. The number of imidazole rings is 1. The number of hydrogen-bond acceptors (Lipinski definition) is 5. The largest absolute Gasteiger partial charge is 0.376 e. The molecule has 2 aromatic rings. The van der Waals surface area contributed by atoms with Gasteiger partial charge in [0.05, 0.1) is 32.9 Å². The van der Waals surface area contributed by atoms with Gasteiger partial charge in [-0.2, -0.15) is 0 Å². The van der Waals surface area contributed by atoms with Crippen molar-refractivity contribution in [3.05, 3.63) is 54.1 Å². The number of carbonyl (C=O) groups is 1. The lowest BCUT2D eigenvalue weighted by Gasteiger charge is -2.43. The molecule has 3 heterocycles. The molecule has 0 bridgehead atoms. The van der Waals surface area contributed by atoms with Crippen LogP contribution in [0.25, 0.3) is 0 Å². The fourth-order valence-electron chi connectivity index (χ4n) is 4.06. The van der Waals surface area contributed by atoms with E-state index in [-0.39, 0.29) is 5.91 Å². The van der Waals surface area contributed by atoms with Crippen LogP contribution in [0.1, 0.15) is 23.1 Å². The average molecular weight is 384 g/mol. The molecule has 7 nitrogen and oxygen atoms in total. The van der Waals surface area contributed by atoms with Gasteiger partial charge in [0.15, 0.2) is 0 Å². The van der Waals surface area contributed by atoms with Crippen molar-refractivity contribution in [1.29, 1.82) is 0 Å². The third kappa shape index (κ3) is 4.11. The lowest BCUT2D eigenvalue weighted by molar-refractivity contribution is -0.141. The van der Waals surface area contributed by atoms with Gasteiger partial charge in [-0.05, 0) is 19.1 Å². The first-order chi connectivity index (χ1) is 13.7. The van der Waals surface area contributed by atoms with E-state index < -0.39 is 5.60 Å². The van der Waals surface area contributed by atoms with Crippen molar-refractivity contribution in [2.75, 3.05) is 46.0 Å². The first kappa shape index (κ1) is 19.1. The molecule has 2 aliphatic rings. The van der Waals surface area contributed by atoms with E-state index >= 15 is 0 Å². The summed E-state index contributed by atoms with van der Waals surface area (Å²) in [6.07, 6.45) is 3.87. The van der Waals surface area contributed by atoms with Crippen LogP contribution in [0.3, 0.4) is 0 Å². The number of nitrogens with zero attached hydrogens (tertiary/aromatic N) is 4. The number of aryl methyl sites for hydroxylation is 1. The molecule has 0 radical (unpaired) electrons. The third-order valence-corrected chi connectivity index (χ3v) is 5.49. The highest BCUT2D eigenvalue weighted by Crippen LogP contribution is 2.24. The molecule has 1 spiro atoms. The number of hydrogen-bond donors (Lipinski definition) is 0. The molecule has 1 atom stereocenters. The summed E-state index contributed by atoms with van der Waals surface area (Å²) in [7, 11) is 0. The predicted molar refractivity (Wildman–Crippen MR) is 105 cm³/mol. The maximum atomic E-state index is 13.0. The van der Waals surface area contributed by atoms with Crippen LogP contribution in [-0.4, -0.2) is 76.9 Å². The zero-order valence-corrected chi connectivity index (χ0v) is 16.4. The van der Waals surface area contributed by atoms with Gasteiger partial charge in [-0.1, -0.05) is 18.2 Å². The van der Waals surface area contributed by atoms with Crippen molar-refractivity contribution in [2.24, 2.45) is 0 Å². The van der Waals surface area contributed by atoms with Crippen molar-refractivity contribution in [1.82, 2.24) is 19.4 Å². The van der Waals surface area contributed by atoms with Gasteiger partial charge in [0, 0.05) is 44.1 Å². The Hall–Kier alpha value is -2.22. The molecule has 2 fully saturated rings. The monoisotopic (exact) mass is 384 g/mol. The minimum Gasteiger partial charge on any atom is -0.376 e. The van der Waals surface area contributed by atoms with Crippen LogP contribution in [0, 0.1) is 0 Å². The summed E-state index contributed by atoms with van der Waals surface area (Å²) in [5.74, 6) is 1.10. The first-order valence-electron chi connectivity index (χ1n) is 9.97. The Morgan fingerprint density at radius 2 is 2.04 bits per heavy atom. The number of carbonyl (C=O) groups excluding carboxylic acids is 1. The van der Waals surface area contributed by atoms with Gasteiger partial charge < -0.3 is 18.9 Å². The smallest absolute Gasteiger partial charge is 0.254 e. The van der Waals surface area contributed by atoms with Gasteiger partial charge in [0.2, 0.25) is 0 Å². The van der Waals surface area contributed by atoms with Crippen LogP contribution >= 0.6 is 0 Å². The quantitative estimate of drug-likeness (QED) is 0.802. The molecular formula is C21H28N4O3. The van der Waals surface area contributed by atoms with E-state index in [0.29, 0.717) is 38.5 Å². The van der Waals surface area contributed by atoms with Crippen LogP contribution in [0.15, 0.2) is 42.7 Å². The second-order valence-electron chi connectivity index (χ2n) is 7.52. The molecule has 2 saturated heterocycles. The number of morpholine rings is 1. The van der Waals surface area contributed by atoms with E-state index in [9.17, 15) is 4.79 Å². The Morgan fingerprint density at radius 3 is 2.86 bits per heavy atom. The fraction of sp³-hybridized carbons (Fsp3) is 0.524. The average Bonchev–Trinajstić information content (AvgIpc) is 3.08. The number of amides is 1. The maximum absolute atomic E-state index is 13.0. The molecule has 0 N–H and O–H groups in total. The van der Waals surface area contributed by atoms with Crippen molar-refractivity contribution < 1.29 is 14.3 Å². The van der Waals surface area contributed by atoms with Crippen LogP contribution in [-0.2, 0) is 22.6 Å². The second-order valence-corrected chi connectivity index (χ2v) is 7.52. The second kappa shape index (κ2) is 8.43. The summed E-state index contributed by atoms with van der Waals surface area (Å²) in [4.78, 5) is 21.7. The highest BCUT2D eigenvalue weighted by Gasteiger charge is 2.41. The molecular weight excluding hydrogens is 356 g/mol. The standard InChI is InChI=1S/C21H28N4O3/c1-2-24-9-8-22-19(24)14-23-10-13-28-21(15-23)16-25(11-12-27-17-21)20(26)18-6-4-3-5-7-18/h3-9H,2,10-17H2,1H3/t21-/m1/s1. The summed E-state index contributed by atoms with van der Waals surface area (Å²) < 4.78 is 14.3. The van der Waals surface area contributed by atoms with Gasteiger partial charge >= 0.3 is 0 Å². The van der Waals surface area contributed by atoms with E-state index in [1.54, 1.807) is 0 Å². The molecule has 2 aliphatic heterocycles. The van der Waals surface area contributed by atoms with Crippen LogP contribution in [0.4, 0.5) is 0 Å².